The van der Waals surface area contributed by atoms with Crippen molar-refractivity contribution in [2.75, 3.05) is 10.8 Å². The van der Waals surface area contributed by atoms with Crippen LogP contribution in [0.2, 0.25) is 5.02 Å². The minimum absolute atomic E-state index is 0.00769. The van der Waals surface area contributed by atoms with Crippen LogP contribution >= 0.6 is 11.6 Å². The highest BCUT2D eigenvalue weighted by Gasteiger charge is 2.33. The highest BCUT2D eigenvalue weighted by Crippen LogP contribution is 2.28. The normalized spacial score (nSPS) is 14.5. The molecule has 0 aromatic heterocycles. The summed E-state index contributed by atoms with van der Waals surface area (Å²) in [6.45, 7) is 2.83. The molecular weight excluding hydrogens is 553 g/mol. The van der Waals surface area contributed by atoms with Gasteiger partial charge in [0.15, 0.2) is 0 Å². The number of benzene rings is 3. The molecule has 0 unspecified atom stereocenters. The van der Waals surface area contributed by atoms with Crippen LogP contribution in [0.25, 0.3) is 0 Å². The van der Waals surface area contributed by atoms with Gasteiger partial charge in [0.2, 0.25) is 11.8 Å². The van der Waals surface area contributed by atoms with Gasteiger partial charge in [0.05, 0.1) is 10.6 Å². The predicted molar refractivity (Wildman–Crippen MR) is 154 cm³/mol. The summed E-state index contributed by atoms with van der Waals surface area (Å²) in [6, 6.07) is 17.4. The molecule has 40 heavy (non-hydrogen) atoms. The number of carbonyl (C=O) groups is 2. The second-order valence-electron chi connectivity index (χ2n) is 10.1. The van der Waals surface area contributed by atoms with Crippen LogP contribution in [0.1, 0.15) is 43.7 Å². The Morgan fingerprint density at radius 1 is 1.02 bits per heavy atom. The molecule has 0 aliphatic heterocycles. The van der Waals surface area contributed by atoms with Crippen molar-refractivity contribution in [2.45, 2.75) is 63.1 Å². The molecule has 1 aliphatic carbocycles. The maximum Gasteiger partial charge on any atom is 0.264 e. The van der Waals surface area contributed by atoms with Gasteiger partial charge in [-0.3, -0.25) is 13.9 Å². The molecular formula is C30H33ClFN3O4S. The number of halogens is 2. The third kappa shape index (κ3) is 7.01. The van der Waals surface area contributed by atoms with Crippen molar-refractivity contribution in [3.05, 3.63) is 94.8 Å². The molecule has 1 atom stereocenters. The van der Waals surface area contributed by atoms with Crippen LogP contribution in [-0.2, 0) is 26.2 Å². The average Bonchev–Trinajstić information content (AvgIpc) is 3.46. The van der Waals surface area contributed by atoms with E-state index in [-0.39, 0.29) is 29.1 Å². The molecule has 2 amide bonds. The molecule has 3 aromatic carbocycles. The zero-order chi connectivity index (χ0) is 28.9. The molecule has 3 aromatic rings. The standard InChI is InChI=1S/C30H33ClFN3O4S/c1-21-12-17-26(18-28(21)31)35(40(38,39)27-10-4-3-5-11-27)20-29(36)34(19-23-13-15-24(32)16-14-23)22(2)30(37)33-25-8-6-7-9-25/h3-5,10-18,22,25H,6-9,19-20H2,1-2H3,(H,33,37)/t22-/m0/s1. The summed E-state index contributed by atoms with van der Waals surface area (Å²) < 4.78 is 42.2. The van der Waals surface area contributed by atoms with E-state index >= 15 is 0 Å². The first-order valence-electron chi connectivity index (χ1n) is 13.2. The zero-order valence-electron chi connectivity index (χ0n) is 22.5. The number of carbonyl (C=O) groups excluding carboxylic acids is 2. The quantitative estimate of drug-likeness (QED) is 0.342. The van der Waals surface area contributed by atoms with Crippen molar-refractivity contribution in [1.82, 2.24) is 10.2 Å². The van der Waals surface area contributed by atoms with Crippen molar-refractivity contribution in [3.8, 4) is 0 Å². The van der Waals surface area contributed by atoms with Crippen LogP contribution in [0, 0.1) is 12.7 Å². The van der Waals surface area contributed by atoms with E-state index in [9.17, 15) is 22.4 Å². The summed E-state index contributed by atoms with van der Waals surface area (Å²) in [5.74, 6) is -1.34. The number of nitrogens with zero attached hydrogens (tertiary/aromatic N) is 2. The molecule has 1 saturated carbocycles. The first-order valence-corrected chi connectivity index (χ1v) is 15.1. The molecule has 0 bridgehead atoms. The van der Waals surface area contributed by atoms with Crippen molar-refractivity contribution >= 4 is 39.1 Å². The van der Waals surface area contributed by atoms with Gasteiger partial charge < -0.3 is 10.2 Å². The Hall–Kier alpha value is -3.43. The Morgan fingerprint density at radius 2 is 1.68 bits per heavy atom. The fourth-order valence-corrected chi connectivity index (χ4v) is 6.35. The summed E-state index contributed by atoms with van der Waals surface area (Å²) in [6.07, 6.45) is 3.81. The lowest BCUT2D eigenvalue weighted by atomic mass is 10.1. The van der Waals surface area contributed by atoms with Crippen LogP contribution in [0.5, 0.6) is 0 Å². The number of hydrogen-bond donors (Lipinski definition) is 1. The van der Waals surface area contributed by atoms with Crippen LogP contribution < -0.4 is 9.62 Å². The number of sulfonamides is 1. The van der Waals surface area contributed by atoms with E-state index in [1.807, 2.05) is 0 Å². The molecule has 1 fully saturated rings. The first kappa shape index (κ1) is 29.6. The molecule has 0 spiro atoms. The Labute approximate surface area is 240 Å². The smallest absolute Gasteiger partial charge is 0.264 e. The third-order valence-electron chi connectivity index (χ3n) is 7.19. The van der Waals surface area contributed by atoms with Crippen LogP contribution in [0.15, 0.2) is 77.7 Å². The van der Waals surface area contributed by atoms with E-state index < -0.39 is 34.3 Å². The van der Waals surface area contributed by atoms with Crippen LogP contribution in [0.4, 0.5) is 10.1 Å². The van der Waals surface area contributed by atoms with E-state index in [1.165, 1.54) is 47.4 Å². The fourth-order valence-electron chi connectivity index (χ4n) is 4.75. The SMILES string of the molecule is Cc1ccc(N(CC(=O)N(Cc2ccc(F)cc2)[C@@H](C)C(=O)NC2CCCC2)S(=O)(=O)c2ccccc2)cc1Cl. The summed E-state index contributed by atoms with van der Waals surface area (Å²) in [5.41, 5.74) is 1.58. The van der Waals surface area contributed by atoms with Gasteiger partial charge in [0.1, 0.15) is 18.4 Å². The number of aryl methyl sites for hydroxylation is 1. The van der Waals surface area contributed by atoms with Gasteiger partial charge in [-0.1, -0.05) is 60.8 Å². The van der Waals surface area contributed by atoms with Crippen LogP contribution in [-0.4, -0.2) is 43.8 Å². The van der Waals surface area contributed by atoms with Gasteiger partial charge in [-0.15, -0.1) is 0 Å². The maximum atomic E-state index is 13.9. The molecule has 0 radical (unpaired) electrons. The lowest BCUT2D eigenvalue weighted by molar-refractivity contribution is -0.139. The van der Waals surface area contributed by atoms with Crippen molar-refractivity contribution < 1.29 is 22.4 Å². The van der Waals surface area contributed by atoms with E-state index in [0.717, 1.165) is 35.6 Å². The lowest BCUT2D eigenvalue weighted by Crippen LogP contribution is -2.52. The minimum Gasteiger partial charge on any atom is -0.352 e. The van der Waals surface area contributed by atoms with Gasteiger partial charge in [-0.05, 0) is 74.2 Å². The number of nitrogens with one attached hydrogen (secondary N) is 1. The van der Waals surface area contributed by atoms with Gasteiger partial charge in [-0.25, -0.2) is 12.8 Å². The lowest BCUT2D eigenvalue weighted by Gasteiger charge is -2.32. The fraction of sp³-hybridized carbons (Fsp3) is 0.333. The van der Waals surface area contributed by atoms with Gasteiger partial charge in [0.25, 0.3) is 10.0 Å². The Balaban J connectivity index is 1.69. The second-order valence-corrected chi connectivity index (χ2v) is 12.3. The number of hydrogen-bond acceptors (Lipinski definition) is 4. The first-order chi connectivity index (χ1) is 19.1. The molecule has 0 heterocycles. The van der Waals surface area contributed by atoms with Crippen molar-refractivity contribution in [2.24, 2.45) is 0 Å². The molecule has 4 rings (SSSR count). The number of rotatable bonds is 10. The monoisotopic (exact) mass is 585 g/mol. The summed E-state index contributed by atoms with van der Waals surface area (Å²) in [4.78, 5) is 28.5. The van der Waals surface area contributed by atoms with E-state index in [2.05, 4.69) is 5.32 Å². The summed E-state index contributed by atoms with van der Waals surface area (Å²) >= 11 is 6.35. The number of amides is 2. The van der Waals surface area contributed by atoms with Gasteiger partial charge in [-0.2, -0.15) is 0 Å². The Bertz CT molecular complexity index is 1450. The van der Waals surface area contributed by atoms with Crippen LogP contribution in [0.3, 0.4) is 0 Å². The topological polar surface area (TPSA) is 86.8 Å². The Kier molecular flexibility index (Phi) is 9.48. The van der Waals surface area contributed by atoms with Crippen molar-refractivity contribution in [3.63, 3.8) is 0 Å². The van der Waals surface area contributed by atoms with E-state index in [1.54, 1.807) is 44.2 Å². The number of anilines is 1. The summed E-state index contributed by atoms with van der Waals surface area (Å²) in [5, 5.41) is 3.37. The molecule has 0 saturated heterocycles. The molecule has 1 N–H and O–H groups in total. The van der Waals surface area contributed by atoms with E-state index in [0.29, 0.717) is 10.6 Å². The van der Waals surface area contributed by atoms with Gasteiger partial charge >= 0.3 is 0 Å². The Morgan fingerprint density at radius 3 is 2.30 bits per heavy atom. The molecule has 7 nitrogen and oxygen atoms in total. The molecule has 1 aliphatic rings. The zero-order valence-corrected chi connectivity index (χ0v) is 24.1. The largest absolute Gasteiger partial charge is 0.352 e. The maximum absolute atomic E-state index is 13.9. The van der Waals surface area contributed by atoms with Crippen molar-refractivity contribution in [1.29, 1.82) is 0 Å². The third-order valence-corrected chi connectivity index (χ3v) is 9.38. The second kappa shape index (κ2) is 12.8. The average molecular weight is 586 g/mol. The summed E-state index contributed by atoms with van der Waals surface area (Å²) in [7, 11) is -4.18. The molecule has 212 valence electrons. The highest BCUT2D eigenvalue weighted by atomic mass is 35.5. The molecule has 10 heteroatoms. The highest BCUT2D eigenvalue weighted by molar-refractivity contribution is 7.92. The minimum atomic E-state index is -4.18. The van der Waals surface area contributed by atoms with E-state index in [4.69, 9.17) is 11.6 Å². The van der Waals surface area contributed by atoms with Gasteiger partial charge in [0, 0.05) is 17.6 Å². The predicted octanol–water partition coefficient (Wildman–Crippen LogP) is 5.46.